The molecule has 1 saturated heterocycles. The van der Waals surface area contributed by atoms with Gasteiger partial charge < -0.3 is 5.32 Å². The minimum Gasteiger partial charge on any atom is -0.324 e. The van der Waals surface area contributed by atoms with E-state index in [9.17, 15) is 23.3 Å². The van der Waals surface area contributed by atoms with Crippen LogP contribution < -0.4 is 5.32 Å². The van der Waals surface area contributed by atoms with Gasteiger partial charge in [0.05, 0.1) is 9.82 Å². The lowest BCUT2D eigenvalue weighted by Gasteiger charge is -2.15. The fourth-order valence-corrected chi connectivity index (χ4v) is 4.75. The van der Waals surface area contributed by atoms with Crippen molar-refractivity contribution in [2.45, 2.75) is 38.1 Å². The molecule has 0 unspecified atom stereocenters. The Bertz CT molecular complexity index is 1010. The van der Waals surface area contributed by atoms with Crippen LogP contribution in [0, 0.1) is 24.0 Å². The Morgan fingerprint density at radius 3 is 2.36 bits per heavy atom. The van der Waals surface area contributed by atoms with Crippen LogP contribution in [0.2, 0.25) is 0 Å². The fraction of sp³-hybridized carbons (Fsp3) is 0.412. The van der Waals surface area contributed by atoms with E-state index in [2.05, 4.69) is 10.4 Å². The van der Waals surface area contributed by atoms with Crippen LogP contribution in [0.1, 0.15) is 24.2 Å². The van der Waals surface area contributed by atoms with Crippen LogP contribution in [0.4, 0.5) is 11.4 Å². The average molecular weight is 407 g/mol. The monoisotopic (exact) mass is 407 g/mol. The van der Waals surface area contributed by atoms with Gasteiger partial charge in [0.25, 0.3) is 0 Å². The fourth-order valence-electron chi connectivity index (χ4n) is 3.23. The molecule has 3 rings (SSSR count). The number of hydrogen-bond acceptors (Lipinski definition) is 6. The van der Waals surface area contributed by atoms with Crippen molar-refractivity contribution >= 4 is 27.3 Å². The van der Waals surface area contributed by atoms with Gasteiger partial charge >= 0.3 is 5.69 Å². The molecular formula is C17H21N5O5S. The topological polar surface area (TPSA) is 127 Å². The van der Waals surface area contributed by atoms with E-state index < -0.39 is 20.9 Å². The first-order chi connectivity index (χ1) is 13.2. The molecule has 0 radical (unpaired) electrons. The molecule has 10 nitrogen and oxygen atoms in total. The van der Waals surface area contributed by atoms with Gasteiger partial charge in [-0.1, -0.05) is 0 Å². The van der Waals surface area contributed by atoms with Gasteiger partial charge in [-0.05, 0) is 51.0 Å². The first kappa shape index (κ1) is 20.0. The number of carbonyl (C=O) groups is 1. The Balaban J connectivity index is 1.68. The third-order valence-corrected chi connectivity index (χ3v) is 6.57. The molecule has 1 fully saturated rings. The zero-order valence-corrected chi connectivity index (χ0v) is 16.4. The molecular weight excluding hydrogens is 386 g/mol. The van der Waals surface area contributed by atoms with Crippen molar-refractivity contribution in [3.63, 3.8) is 0 Å². The van der Waals surface area contributed by atoms with E-state index in [1.807, 2.05) is 0 Å². The Kier molecular flexibility index (Phi) is 5.47. The lowest BCUT2D eigenvalue weighted by molar-refractivity contribution is -0.386. The maximum atomic E-state index is 12.5. The van der Waals surface area contributed by atoms with E-state index in [1.165, 1.54) is 47.1 Å². The summed E-state index contributed by atoms with van der Waals surface area (Å²) in [4.78, 5) is 22.9. The standard InChI is InChI=1S/C17H21N5O5S/c1-12-17(22(24)25)13(2)21(19-12)11-16(23)18-14-5-7-15(8-6-14)28(26,27)20-9-3-4-10-20/h5-8H,3-4,9-11H2,1-2H3,(H,18,23). The average Bonchev–Trinajstić information content (AvgIpc) is 3.24. The molecule has 0 atom stereocenters. The predicted octanol–water partition coefficient (Wildman–Crippen LogP) is 1.83. The number of hydrogen-bond donors (Lipinski definition) is 1. The summed E-state index contributed by atoms with van der Waals surface area (Å²) in [7, 11) is -3.51. The van der Waals surface area contributed by atoms with E-state index in [0.29, 0.717) is 24.5 Å². The molecule has 1 aliphatic rings. The number of rotatable bonds is 6. The van der Waals surface area contributed by atoms with Gasteiger partial charge in [0.15, 0.2) is 0 Å². The molecule has 11 heteroatoms. The molecule has 0 saturated carbocycles. The minimum atomic E-state index is -3.51. The van der Waals surface area contributed by atoms with Crippen LogP contribution in [0.3, 0.4) is 0 Å². The van der Waals surface area contributed by atoms with Gasteiger partial charge in [0.2, 0.25) is 15.9 Å². The number of aryl methyl sites for hydroxylation is 1. The zero-order valence-electron chi connectivity index (χ0n) is 15.6. The van der Waals surface area contributed by atoms with Crippen LogP contribution in [-0.4, -0.2) is 46.4 Å². The van der Waals surface area contributed by atoms with Gasteiger partial charge in [-0.2, -0.15) is 9.40 Å². The number of nitro groups is 1. The summed E-state index contributed by atoms with van der Waals surface area (Å²) in [5.41, 5.74) is 0.863. The summed E-state index contributed by atoms with van der Waals surface area (Å²) in [6.07, 6.45) is 1.72. The Hall–Kier alpha value is -2.79. The molecule has 1 amide bonds. The highest BCUT2D eigenvalue weighted by atomic mass is 32.2. The minimum absolute atomic E-state index is 0.107. The number of benzene rings is 1. The highest BCUT2D eigenvalue weighted by molar-refractivity contribution is 7.89. The van der Waals surface area contributed by atoms with Gasteiger partial charge in [0, 0.05) is 18.8 Å². The largest absolute Gasteiger partial charge is 0.324 e. The molecule has 0 bridgehead atoms. The van der Waals surface area contributed by atoms with Gasteiger partial charge in [-0.25, -0.2) is 8.42 Å². The SMILES string of the molecule is Cc1nn(CC(=O)Nc2ccc(S(=O)(=O)N3CCCC3)cc2)c(C)c1[N+](=O)[O-]. The van der Waals surface area contributed by atoms with E-state index in [0.717, 1.165) is 12.8 Å². The first-order valence-electron chi connectivity index (χ1n) is 8.78. The maximum absolute atomic E-state index is 12.5. The molecule has 2 aromatic rings. The second-order valence-corrected chi connectivity index (χ2v) is 8.56. The van der Waals surface area contributed by atoms with Crippen molar-refractivity contribution in [2.24, 2.45) is 0 Å². The molecule has 0 spiro atoms. The van der Waals surface area contributed by atoms with E-state index in [-0.39, 0.29) is 22.8 Å². The molecule has 150 valence electrons. The smallest absolute Gasteiger partial charge is 0.312 e. The summed E-state index contributed by atoms with van der Waals surface area (Å²) < 4.78 is 27.7. The summed E-state index contributed by atoms with van der Waals surface area (Å²) >= 11 is 0. The number of sulfonamides is 1. The Morgan fingerprint density at radius 1 is 1.21 bits per heavy atom. The molecule has 28 heavy (non-hydrogen) atoms. The van der Waals surface area contributed by atoms with Crippen molar-refractivity contribution in [1.82, 2.24) is 14.1 Å². The highest BCUT2D eigenvalue weighted by Gasteiger charge is 2.27. The summed E-state index contributed by atoms with van der Waals surface area (Å²) in [5, 5.41) is 17.7. The molecule has 0 aliphatic carbocycles. The number of anilines is 1. The number of aromatic nitrogens is 2. The number of nitrogens with one attached hydrogen (secondary N) is 1. The lowest BCUT2D eigenvalue weighted by Crippen LogP contribution is -2.27. The van der Waals surface area contributed by atoms with Crippen molar-refractivity contribution in [2.75, 3.05) is 18.4 Å². The lowest BCUT2D eigenvalue weighted by atomic mass is 10.3. The summed E-state index contributed by atoms with van der Waals surface area (Å²) in [5.74, 6) is -0.421. The third kappa shape index (κ3) is 3.90. The Labute approximate surface area is 162 Å². The normalized spacial score (nSPS) is 14.9. The van der Waals surface area contributed by atoms with Crippen LogP contribution in [0.15, 0.2) is 29.2 Å². The van der Waals surface area contributed by atoms with Crippen molar-refractivity contribution in [3.05, 3.63) is 45.8 Å². The second-order valence-electron chi connectivity index (χ2n) is 6.62. The van der Waals surface area contributed by atoms with Crippen molar-refractivity contribution in [3.8, 4) is 0 Å². The molecule has 1 aromatic heterocycles. The van der Waals surface area contributed by atoms with Gasteiger partial charge in [0.1, 0.15) is 17.9 Å². The summed E-state index contributed by atoms with van der Waals surface area (Å²) in [6, 6.07) is 5.95. The van der Waals surface area contributed by atoms with E-state index in [1.54, 1.807) is 0 Å². The number of amides is 1. The van der Waals surface area contributed by atoms with Crippen molar-refractivity contribution < 1.29 is 18.1 Å². The van der Waals surface area contributed by atoms with E-state index >= 15 is 0 Å². The van der Waals surface area contributed by atoms with Crippen LogP contribution >= 0.6 is 0 Å². The number of nitrogens with zero attached hydrogens (tertiary/aromatic N) is 4. The summed E-state index contributed by atoms with van der Waals surface area (Å²) in [6.45, 7) is 3.90. The Morgan fingerprint density at radius 2 is 1.82 bits per heavy atom. The second kappa shape index (κ2) is 7.68. The molecule has 1 aliphatic heterocycles. The molecule has 1 aromatic carbocycles. The van der Waals surface area contributed by atoms with Crippen LogP contribution in [-0.2, 0) is 21.4 Å². The van der Waals surface area contributed by atoms with Crippen molar-refractivity contribution in [1.29, 1.82) is 0 Å². The third-order valence-electron chi connectivity index (χ3n) is 4.66. The predicted molar refractivity (Wildman–Crippen MR) is 101 cm³/mol. The highest BCUT2D eigenvalue weighted by Crippen LogP contribution is 2.23. The van der Waals surface area contributed by atoms with Gasteiger partial charge in [-0.3, -0.25) is 19.6 Å². The van der Waals surface area contributed by atoms with Crippen LogP contribution in [0.25, 0.3) is 0 Å². The maximum Gasteiger partial charge on any atom is 0.312 e. The van der Waals surface area contributed by atoms with Crippen LogP contribution in [0.5, 0.6) is 0 Å². The van der Waals surface area contributed by atoms with Gasteiger partial charge in [-0.15, -0.1) is 0 Å². The first-order valence-corrected chi connectivity index (χ1v) is 10.2. The van der Waals surface area contributed by atoms with E-state index in [4.69, 9.17) is 0 Å². The number of carbonyl (C=O) groups excluding carboxylic acids is 1. The molecule has 1 N–H and O–H groups in total. The quantitative estimate of drug-likeness (QED) is 0.575. The molecule has 2 heterocycles. The zero-order chi connectivity index (χ0) is 20.5.